The third-order valence-corrected chi connectivity index (χ3v) is 1.42. The average molecular weight is 124 g/mol. The Bertz CT molecular complexity index is 111. The van der Waals surface area contributed by atoms with Crippen LogP contribution >= 0.6 is 0 Å². The van der Waals surface area contributed by atoms with Crippen LogP contribution in [0.5, 0.6) is 0 Å². The summed E-state index contributed by atoms with van der Waals surface area (Å²) in [5, 5.41) is 8.27. The van der Waals surface area contributed by atoms with Gasteiger partial charge in [-0.15, -0.1) is 0 Å². The summed E-state index contributed by atoms with van der Waals surface area (Å²) in [7, 11) is 0. The van der Waals surface area contributed by atoms with Gasteiger partial charge in [-0.05, 0) is 19.3 Å². The molecule has 0 aliphatic carbocycles. The van der Waals surface area contributed by atoms with Crippen LogP contribution in [0.3, 0.4) is 0 Å². The van der Waals surface area contributed by atoms with E-state index in [0.717, 1.165) is 19.4 Å². The minimum absolute atomic E-state index is 0.184. The van der Waals surface area contributed by atoms with Gasteiger partial charge in [0.15, 0.2) is 0 Å². The van der Waals surface area contributed by atoms with Crippen molar-refractivity contribution in [3.63, 3.8) is 0 Å². The summed E-state index contributed by atoms with van der Waals surface area (Å²) in [6.07, 6.45) is 4.90. The van der Waals surface area contributed by atoms with E-state index in [9.17, 15) is 0 Å². The molecule has 0 bridgehead atoms. The first-order valence-electron chi connectivity index (χ1n) is 3.23. The molecule has 1 saturated heterocycles. The highest BCUT2D eigenvalue weighted by atomic mass is 16.5. The van der Waals surface area contributed by atoms with Gasteiger partial charge in [0.05, 0.1) is 18.6 Å². The summed E-state index contributed by atoms with van der Waals surface area (Å²) in [4.78, 5) is 0. The van der Waals surface area contributed by atoms with Gasteiger partial charge in [-0.1, -0.05) is 0 Å². The van der Waals surface area contributed by atoms with Crippen molar-refractivity contribution in [1.82, 2.24) is 0 Å². The third-order valence-electron chi connectivity index (χ3n) is 1.42. The van der Waals surface area contributed by atoms with E-state index in [1.54, 1.807) is 0 Å². The predicted molar refractivity (Wildman–Crippen MR) is 33.5 cm³/mol. The predicted octanol–water partition coefficient (Wildman–Crippen LogP) is 1.28. The Morgan fingerprint density at radius 2 is 2.67 bits per heavy atom. The Hall–Kier alpha value is -0.550. The summed E-state index contributed by atoms with van der Waals surface area (Å²) in [6.45, 7) is 0.798. The fraction of sp³-hybridized carbons (Fsp3) is 0.714. The lowest BCUT2D eigenvalue weighted by molar-refractivity contribution is 0.0374. The molecule has 1 atom stereocenters. The van der Waals surface area contributed by atoms with Crippen LogP contribution in [-0.2, 0) is 4.74 Å². The van der Waals surface area contributed by atoms with Crippen molar-refractivity contribution in [3.8, 4) is 6.07 Å². The van der Waals surface area contributed by atoms with Gasteiger partial charge in [-0.25, -0.2) is 0 Å². The number of ether oxygens (including phenoxy) is 1. The van der Waals surface area contributed by atoms with Crippen LogP contribution in [0.4, 0.5) is 0 Å². The molecule has 0 saturated carbocycles. The van der Waals surface area contributed by atoms with E-state index < -0.39 is 0 Å². The Kier molecular flexibility index (Phi) is 2.53. The van der Waals surface area contributed by atoms with Crippen molar-refractivity contribution < 1.29 is 4.74 Å². The summed E-state index contributed by atoms with van der Waals surface area (Å²) < 4.78 is 5.26. The van der Waals surface area contributed by atoms with E-state index in [1.807, 2.05) is 0 Å². The molecular weight excluding hydrogens is 114 g/mol. The molecule has 0 aromatic rings. The maximum Gasteiger partial charge on any atom is 0.0707 e. The molecule has 0 aromatic carbocycles. The fourth-order valence-electron chi connectivity index (χ4n) is 0.934. The Balaban J connectivity index is 2.17. The molecule has 0 N–H and O–H groups in total. The van der Waals surface area contributed by atoms with E-state index in [0.29, 0.717) is 6.42 Å². The fourth-order valence-corrected chi connectivity index (χ4v) is 0.934. The molecule has 9 heavy (non-hydrogen) atoms. The quantitative estimate of drug-likeness (QED) is 0.527. The molecule has 2 heteroatoms. The monoisotopic (exact) mass is 124 g/mol. The first-order valence-corrected chi connectivity index (χ1v) is 3.23. The first-order chi connectivity index (χ1) is 4.43. The highest BCUT2D eigenvalue weighted by molar-refractivity contribution is 4.83. The standard InChI is InChI=1S/C7H10NO/c8-5-4-7-3-1-2-6-9-7/h1,7H,2-4,6H2. The lowest BCUT2D eigenvalue weighted by Gasteiger charge is -2.19. The number of hydrogen-bond donors (Lipinski definition) is 0. The lowest BCUT2D eigenvalue weighted by atomic mass is 10.1. The van der Waals surface area contributed by atoms with Crippen molar-refractivity contribution >= 4 is 0 Å². The van der Waals surface area contributed by atoms with Gasteiger partial charge < -0.3 is 4.74 Å². The second-order valence-electron chi connectivity index (χ2n) is 2.17. The molecule has 1 aliphatic heterocycles. The topological polar surface area (TPSA) is 33.0 Å². The molecule has 49 valence electrons. The van der Waals surface area contributed by atoms with Crippen LogP contribution in [0, 0.1) is 17.8 Å². The Labute approximate surface area is 55.4 Å². The maximum absolute atomic E-state index is 8.27. The number of nitrogens with zero attached hydrogens (tertiary/aromatic N) is 1. The molecule has 1 fully saturated rings. The van der Waals surface area contributed by atoms with Gasteiger partial charge in [0.2, 0.25) is 0 Å². The molecule has 1 radical (unpaired) electrons. The van der Waals surface area contributed by atoms with Crippen molar-refractivity contribution in [1.29, 1.82) is 5.26 Å². The SMILES string of the molecule is N#CCC1C[CH]CCO1. The molecule has 1 rings (SSSR count). The van der Waals surface area contributed by atoms with Crippen LogP contribution in [-0.4, -0.2) is 12.7 Å². The van der Waals surface area contributed by atoms with Crippen molar-refractivity contribution in [2.24, 2.45) is 0 Å². The van der Waals surface area contributed by atoms with E-state index in [4.69, 9.17) is 10.00 Å². The second kappa shape index (κ2) is 3.47. The maximum atomic E-state index is 8.27. The molecule has 2 nitrogen and oxygen atoms in total. The molecule has 0 spiro atoms. The largest absolute Gasteiger partial charge is 0.377 e. The van der Waals surface area contributed by atoms with Crippen LogP contribution in [0.25, 0.3) is 0 Å². The van der Waals surface area contributed by atoms with Crippen LogP contribution < -0.4 is 0 Å². The zero-order chi connectivity index (χ0) is 6.53. The van der Waals surface area contributed by atoms with Crippen LogP contribution in [0.1, 0.15) is 19.3 Å². The molecule has 0 amide bonds. The van der Waals surface area contributed by atoms with Gasteiger partial charge in [-0.2, -0.15) is 5.26 Å². The van der Waals surface area contributed by atoms with E-state index >= 15 is 0 Å². The van der Waals surface area contributed by atoms with Crippen molar-refractivity contribution in [2.75, 3.05) is 6.61 Å². The lowest BCUT2D eigenvalue weighted by Crippen LogP contribution is -2.18. The highest BCUT2D eigenvalue weighted by Crippen LogP contribution is 2.13. The smallest absolute Gasteiger partial charge is 0.0707 e. The average Bonchev–Trinajstić information content (AvgIpc) is 1.91. The number of rotatable bonds is 1. The van der Waals surface area contributed by atoms with E-state index in [-0.39, 0.29) is 6.10 Å². The van der Waals surface area contributed by atoms with Gasteiger partial charge >= 0.3 is 0 Å². The summed E-state index contributed by atoms with van der Waals surface area (Å²) in [6, 6.07) is 2.09. The minimum atomic E-state index is 0.184. The summed E-state index contributed by atoms with van der Waals surface area (Å²) >= 11 is 0. The van der Waals surface area contributed by atoms with Crippen LogP contribution in [0.2, 0.25) is 0 Å². The highest BCUT2D eigenvalue weighted by Gasteiger charge is 2.12. The van der Waals surface area contributed by atoms with Crippen molar-refractivity contribution in [2.45, 2.75) is 25.4 Å². The van der Waals surface area contributed by atoms with Crippen LogP contribution in [0.15, 0.2) is 0 Å². The van der Waals surface area contributed by atoms with Gasteiger partial charge in [0.25, 0.3) is 0 Å². The Morgan fingerprint density at radius 3 is 3.22 bits per heavy atom. The number of nitriles is 1. The van der Waals surface area contributed by atoms with Crippen molar-refractivity contribution in [3.05, 3.63) is 6.42 Å². The minimum Gasteiger partial charge on any atom is -0.377 e. The first kappa shape index (κ1) is 6.57. The normalized spacial score (nSPS) is 27.2. The molecule has 1 aliphatic rings. The molecular formula is C7H10NO. The summed E-state index contributed by atoms with van der Waals surface area (Å²) in [5.74, 6) is 0. The van der Waals surface area contributed by atoms with E-state index in [2.05, 4.69) is 12.5 Å². The summed E-state index contributed by atoms with van der Waals surface area (Å²) in [5.41, 5.74) is 0. The van der Waals surface area contributed by atoms with Gasteiger partial charge in [0, 0.05) is 6.61 Å². The molecule has 1 heterocycles. The van der Waals surface area contributed by atoms with Gasteiger partial charge in [-0.3, -0.25) is 0 Å². The molecule has 1 unspecified atom stereocenters. The molecule has 0 aromatic heterocycles. The van der Waals surface area contributed by atoms with Gasteiger partial charge in [0.1, 0.15) is 0 Å². The third kappa shape index (κ3) is 2.03. The zero-order valence-corrected chi connectivity index (χ0v) is 5.34. The number of hydrogen-bond acceptors (Lipinski definition) is 2. The zero-order valence-electron chi connectivity index (χ0n) is 5.34. The van der Waals surface area contributed by atoms with E-state index in [1.165, 1.54) is 0 Å². The Morgan fingerprint density at radius 1 is 1.78 bits per heavy atom. The second-order valence-corrected chi connectivity index (χ2v) is 2.17.